The summed E-state index contributed by atoms with van der Waals surface area (Å²) in [5.41, 5.74) is 1.05. The van der Waals surface area contributed by atoms with Gasteiger partial charge in [-0.3, -0.25) is 5.10 Å². The van der Waals surface area contributed by atoms with E-state index < -0.39 is 5.97 Å². The molecule has 0 unspecified atom stereocenters. The molecule has 0 bridgehead atoms. The second kappa shape index (κ2) is 4.06. The lowest BCUT2D eigenvalue weighted by atomic mass is 10.1. The molecule has 0 aliphatic carbocycles. The third-order valence-electron chi connectivity index (χ3n) is 2.24. The molecule has 0 spiro atoms. The Balaban J connectivity index is 2.58. The number of carbonyl (C=O) groups is 1. The number of nitrogens with one attached hydrogen (secondary N) is 1. The molecule has 0 aliphatic heterocycles. The van der Waals surface area contributed by atoms with Crippen LogP contribution in [0, 0.1) is 0 Å². The van der Waals surface area contributed by atoms with Crippen molar-refractivity contribution in [3.63, 3.8) is 0 Å². The highest BCUT2D eigenvalue weighted by atomic mass is 16.5. The molecule has 0 fully saturated rings. The molecule has 1 heterocycles. The molecule has 1 N–H and O–H groups in total. The number of carbonyl (C=O) groups excluding carboxylic acids is 1. The van der Waals surface area contributed by atoms with Crippen LogP contribution in [0.4, 0.5) is 0 Å². The molecular weight excluding hydrogens is 208 g/mol. The van der Waals surface area contributed by atoms with Crippen LogP contribution >= 0.6 is 0 Å². The summed E-state index contributed by atoms with van der Waals surface area (Å²) in [6.07, 6.45) is 1.22. The van der Waals surface area contributed by atoms with E-state index in [0.29, 0.717) is 17.0 Å². The molecule has 0 atom stereocenters. The van der Waals surface area contributed by atoms with Gasteiger partial charge in [-0.25, -0.2) is 0 Å². The molecule has 1 aromatic carbocycles. The van der Waals surface area contributed by atoms with Crippen molar-refractivity contribution in [3.05, 3.63) is 36.0 Å². The fourth-order valence-corrected chi connectivity index (χ4v) is 1.50. The Kier molecular flexibility index (Phi) is 2.59. The summed E-state index contributed by atoms with van der Waals surface area (Å²) < 4.78 is 5.14. The van der Waals surface area contributed by atoms with Gasteiger partial charge in [0.2, 0.25) is 0 Å². The van der Waals surface area contributed by atoms with Gasteiger partial charge in [-0.2, -0.15) is 5.10 Å². The maximum atomic E-state index is 10.8. The van der Waals surface area contributed by atoms with Crippen LogP contribution in [0.3, 0.4) is 0 Å². The minimum absolute atomic E-state index is 0.0181. The van der Waals surface area contributed by atoms with Crippen LogP contribution in [0.5, 0.6) is 5.75 Å². The molecule has 0 aliphatic rings. The van der Waals surface area contributed by atoms with Gasteiger partial charge < -0.3 is 14.6 Å². The fourth-order valence-electron chi connectivity index (χ4n) is 1.50. The van der Waals surface area contributed by atoms with Crippen LogP contribution in [0.2, 0.25) is 0 Å². The van der Waals surface area contributed by atoms with Crippen LogP contribution in [-0.2, 0) is 0 Å². The molecule has 1 aromatic heterocycles. The van der Waals surface area contributed by atoms with Crippen LogP contribution < -0.4 is 9.84 Å². The van der Waals surface area contributed by atoms with Crippen molar-refractivity contribution in [1.82, 2.24) is 10.2 Å². The molecule has 5 heteroatoms. The number of hydrogen-bond acceptors (Lipinski definition) is 4. The number of para-hydroxylation sites is 1. The molecular formula is C11H9N2O3-. The number of ether oxygens (including phenoxy) is 1. The van der Waals surface area contributed by atoms with Crippen LogP contribution in [-0.4, -0.2) is 23.3 Å². The van der Waals surface area contributed by atoms with Gasteiger partial charge in [0, 0.05) is 11.1 Å². The highest BCUT2D eigenvalue weighted by Gasteiger charge is 2.12. The van der Waals surface area contributed by atoms with E-state index in [2.05, 4.69) is 10.2 Å². The predicted octanol–water partition coefficient (Wildman–Crippen LogP) is 0.449. The summed E-state index contributed by atoms with van der Waals surface area (Å²) in [5.74, 6) is -0.691. The summed E-state index contributed by atoms with van der Waals surface area (Å²) in [6.45, 7) is 0. The Morgan fingerprint density at radius 1 is 1.44 bits per heavy atom. The van der Waals surface area contributed by atoms with Crippen molar-refractivity contribution in [2.45, 2.75) is 0 Å². The average molecular weight is 217 g/mol. The first-order valence-electron chi connectivity index (χ1n) is 4.62. The number of benzene rings is 1. The second-order valence-electron chi connectivity index (χ2n) is 3.15. The van der Waals surface area contributed by atoms with Gasteiger partial charge in [0.25, 0.3) is 0 Å². The topological polar surface area (TPSA) is 78.0 Å². The van der Waals surface area contributed by atoms with Crippen molar-refractivity contribution in [2.75, 3.05) is 7.11 Å². The van der Waals surface area contributed by atoms with Gasteiger partial charge in [-0.1, -0.05) is 12.1 Å². The number of nitrogens with zero attached hydrogens (tertiary/aromatic N) is 1. The minimum Gasteiger partial charge on any atom is -0.545 e. The number of H-pyrrole nitrogens is 1. The van der Waals surface area contributed by atoms with Crippen molar-refractivity contribution in [1.29, 1.82) is 0 Å². The smallest absolute Gasteiger partial charge is 0.128 e. The summed E-state index contributed by atoms with van der Waals surface area (Å²) in [7, 11) is 1.52. The second-order valence-corrected chi connectivity index (χ2v) is 3.15. The third-order valence-corrected chi connectivity index (χ3v) is 2.24. The summed E-state index contributed by atoms with van der Waals surface area (Å²) in [5, 5.41) is 17.2. The highest BCUT2D eigenvalue weighted by Crippen LogP contribution is 2.29. The molecule has 2 rings (SSSR count). The lowest BCUT2D eigenvalue weighted by molar-refractivity contribution is -0.254. The first kappa shape index (κ1) is 10.2. The average Bonchev–Trinajstić information content (AvgIpc) is 2.77. The van der Waals surface area contributed by atoms with E-state index in [1.54, 1.807) is 24.3 Å². The third kappa shape index (κ3) is 1.63. The number of hydrogen-bond donors (Lipinski definition) is 1. The lowest BCUT2D eigenvalue weighted by Crippen LogP contribution is -2.22. The van der Waals surface area contributed by atoms with E-state index in [-0.39, 0.29) is 5.56 Å². The van der Waals surface area contributed by atoms with Crippen molar-refractivity contribution >= 4 is 5.97 Å². The van der Waals surface area contributed by atoms with Gasteiger partial charge in [0.05, 0.1) is 25.0 Å². The predicted molar refractivity (Wildman–Crippen MR) is 54.9 cm³/mol. The van der Waals surface area contributed by atoms with Crippen LogP contribution in [0.25, 0.3) is 11.3 Å². The zero-order chi connectivity index (χ0) is 11.5. The molecule has 0 saturated carbocycles. The minimum atomic E-state index is -1.27. The monoisotopic (exact) mass is 217 g/mol. The highest BCUT2D eigenvalue weighted by molar-refractivity contribution is 5.94. The molecule has 0 radical (unpaired) electrons. The maximum absolute atomic E-state index is 10.8. The summed E-state index contributed by atoms with van der Waals surface area (Å²) in [4.78, 5) is 10.8. The molecule has 0 amide bonds. The maximum Gasteiger partial charge on any atom is 0.128 e. The van der Waals surface area contributed by atoms with E-state index in [4.69, 9.17) is 4.74 Å². The van der Waals surface area contributed by atoms with E-state index in [1.165, 1.54) is 13.3 Å². The van der Waals surface area contributed by atoms with E-state index >= 15 is 0 Å². The number of aromatic amines is 1. The number of methoxy groups -OCH3 is 1. The quantitative estimate of drug-likeness (QED) is 0.809. The SMILES string of the molecule is COc1ccccc1-c1[nH]ncc1C(=O)[O-]. The van der Waals surface area contributed by atoms with Crippen LogP contribution in [0.1, 0.15) is 10.4 Å². The number of carboxylic acid groups (broad SMARTS) is 1. The molecule has 0 saturated heterocycles. The van der Waals surface area contributed by atoms with Crippen molar-refractivity contribution < 1.29 is 14.6 Å². The summed E-state index contributed by atoms with van der Waals surface area (Å²) >= 11 is 0. The lowest BCUT2D eigenvalue weighted by Gasteiger charge is -2.08. The number of carboxylic acids is 1. The van der Waals surface area contributed by atoms with Gasteiger partial charge in [-0.15, -0.1) is 0 Å². The first-order valence-corrected chi connectivity index (χ1v) is 4.62. The Morgan fingerprint density at radius 2 is 2.19 bits per heavy atom. The van der Waals surface area contributed by atoms with E-state index in [1.807, 2.05) is 0 Å². The first-order chi connectivity index (χ1) is 7.74. The number of aromatic carboxylic acids is 1. The van der Waals surface area contributed by atoms with Crippen molar-refractivity contribution in [3.8, 4) is 17.0 Å². The molecule has 5 nitrogen and oxygen atoms in total. The molecule has 2 aromatic rings. The normalized spacial score (nSPS) is 10.1. The zero-order valence-corrected chi connectivity index (χ0v) is 8.56. The Morgan fingerprint density at radius 3 is 2.88 bits per heavy atom. The molecule has 82 valence electrons. The Hall–Kier alpha value is -2.30. The molecule has 16 heavy (non-hydrogen) atoms. The zero-order valence-electron chi connectivity index (χ0n) is 8.56. The van der Waals surface area contributed by atoms with Gasteiger partial charge in [-0.05, 0) is 12.1 Å². The summed E-state index contributed by atoms with van der Waals surface area (Å²) in [6, 6.07) is 7.09. The fraction of sp³-hybridized carbons (Fsp3) is 0.0909. The number of aromatic nitrogens is 2. The van der Waals surface area contributed by atoms with Gasteiger partial charge >= 0.3 is 0 Å². The number of rotatable bonds is 3. The Labute approximate surface area is 91.7 Å². The standard InChI is InChI=1S/C11H10N2O3/c1-16-9-5-3-2-4-7(9)10-8(11(14)15)6-12-13-10/h2-6H,1H3,(H,12,13)(H,14,15)/p-1. The Bertz CT molecular complexity index is 519. The van der Waals surface area contributed by atoms with Gasteiger partial charge in [0.1, 0.15) is 5.75 Å². The van der Waals surface area contributed by atoms with Crippen molar-refractivity contribution in [2.24, 2.45) is 0 Å². The largest absolute Gasteiger partial charge is 0.545 e. The van der Waals surface area contributed by atoms with E-state index in [9.17, 15) is 9.90 Å². The van der Waals surface area contributed by atoms with Gasteiger partial charge in [0.15, 0.2) is 0 Å². The van der Waals surface area contributed by atoms with E-state index in [0.717, 1.165) is 0 Å². The van der Waals surface area contributed by atoms with Crippen LogP contribution in [0.15, 0.2) is 30.5 Å².